The van der Waals surface area contributed by atoms with E-state index < -0.39 is 0 Å². The van der Waals surface area contributed by atoms with Gasteiger partial charge in [0.2, 0.25) is 0 Å². The molecule has 0 saturated heterocycles. The first kappa shape index (κ1) is 15.3. The predicted molar refractivity (Wildman–Crippen MR) is 83.3 cm³/mol. The number of nitrogens with zero attached hydrogens (tertiary/aromatic N) is 1. The van der Waals surface area contributed by atoms with Gasteiger partial charge in [0.25, 0.3) is 5.69 Å². The average Bonchev–Trinajstić information content (AvgIpc) is 2.47. The van der Waals surface area contributed by atoms with Crippen LogP contribution in [-0.2, 0) is 0 Å². The normalized spacial score (nSPS) is 22.6. The maximum absolute atomic E-state index is 10.7. The van der Waals surface area contributed by atoms with Crippen molar-refractivity contribution in [3.8, 4) is 0 Å². The van der Waals surface area contributed by atoms with Crippen molar-refractivity contribution in [1.82, 2.24) is 5.32 Å². The van der Waals surface area contributed by atoms with E-state index in [-0.39, 0.29) is 10.6 Å². The molecule has 2 rings (SSSR count). The molecule has 1 aromatic rings. The Bertz CT molecular complexity index is 436. The van der Waals surface area contributed by atoms with Crippen LogP contribution in [0.5, 0.6) is 0 Å². The summed E-state index contributed by atoms with van der Waals surface area (Å²) < 4.78 is 0. The highest BCUT2D eigenvalue weighted by Gasteiger charge is 2.25. The van der Waals surface area contributed by atoms with Crippen molar-refractivity contribution < 1.29 is 4.92 Å². The monoisotopic (exact) mass is 294 g/mol. The molecule has 4 nitrogen and oxygen atoms in total. The van der Waals surface area contributed by atoms with Crippen LogP contribution >= 0.6 is 11.8 Å². The molecule has 1 N–H and O–H groups in total. The zero-order valence-corrected chi connectivity index (χ0v) is 12.7. The number of hydrogen-bond donors (Lipinski definition) is 1. The second kappa shape index (κ2) is 7.64. The fourth-order valence-corrected chi connectivity index (χ4v) is 3.95. The van der Waals surface area contributed by atoms with Crippen molar-refractivity contribution in [3.05, 3.63) is 34.4 Å². The van der Waals surface area contributed by atoms with Gasteiger partial charge in [-0.2, -0.15) is 0 Å². The van der Waals surface area contributed by atoms with Crippen LogP contribution in [-0.4, -0.2) is 22.8 Å². The Morgan fingerprint density at radius 2 is 2.00 bits per heavy atom. The van der Waals surface area contributed by atoms with Gasteiger partial charge < -0.3 is 5.32 Å². The first-order valence-electron chi connectivity index (χ1n) is 7.35. The summed E-state index contributed by atoms with van der Waals surface area (Å²) >= 11 is 1.86. The number of rotatable bonds is 6. The standard InChI is InChI=1S/C15H22N2O2S/c1-2-11-16-14-5-3-4-6-15(14)20-13-9-7-12(8-10-13)17(18)19/h7-10,14-16H,2-6,11H2,1H3. The van der Waals surface area contributed by atoms with Crippen LogP contribution in [0.25, 0.3) is 0 Å². The topological polar surface area (TPSA) is 55.2 Å². The summed E-state index contributed by atoms with van der Waals surface area (Å²) in [4.78, 5) is 11.4. The quantitative estimate of drug-likeness (QED) is 0.636. The number of non-ortho nitro benzene ring substituents is 1. The van der Waals surface area contributed by atoms with E-state index in [1.54, 1.807) is 12.1 Å². The Morgan fingerprint density at radius 3 is 2.65 bits per heavy atom. The molecular formula is C15H22N2O2S. The molecule has 0 amide bonds. The third-order valence-corrected chi connectivity index (χ3v) is 5.11. The van der Waals surface area contributed by atoms with Crippen LogP contribution in [0.15, 0.2) is 29.2 Å². The first-order chi connectivity index (χ1) is 9.70. The summed E-state index contributed by atoms with van der Waals surface area (Å²) in [7, 11) is 0. The molecule has 110 valence electrons. The minimum absolute atomic E-state index is 0.165. The van der Waals surface area contributed by atoms with Crippen LogP contribution in [0, 0.1) is 10.1 Å². The van der Waals surface area contributed by atoms with Crippen molar-refractivity contribution in [3.63, 3.8) is 0 Å². The lowest BCUT2D eigenvalue weighted by atomic mass is 9.95. The lowest BCUT2D eigenvalue weighted by Gasteiger charge is -2.32. The second-order valence-corrected chi connectivity index (χ2v) is 6.56. The van der Waals surface area contributed by atoms with E-state index in [1.807, 2.05) is 23.9 Å². The van der Waals surface area contributed by atoms with E-state index in [1.165, 1.54) is 25.7 Å². The van der Waals surface area contributed by atoms with E-state index >= 15 is 0 Å². The van der Waals surface area contributed by atoms with Crippen molar-refractivity contribution >= 4 is 17.4 Å². The van der Waals surface area contributed by atoms with Crippen molar-refractivity contribution in [2.24, 2.45) is 0 Å². The Hall–Kier alpha value is -1.07. The molecular weight excluding hydrogens is 272 g/mol. The van der Waals surface area contributed by atoms with Crippen LogP contribution in [0.2, 0.25) is 0 Å². The molecule has 2 atom stereocenters. The maximum Gasteiger partial charge on any atom is 0.269 e. The molecule has 1 aliphatic rings. The number of nitro benzene ring substituents is 1. The van der Waals surface area contributed by atoms with E-state index in [2.05, 4.69) is 12.2 Å². The van der Waals surface area contributed by atoms with E-state index in [0.717, 1.165) is 17.9 Å². The predicted octanol–water partition coefficient (Wildman–Crippen LogP) is 4.00. The molecule has 0 aromatic heterocycles. The number of thioether (sulfide) groups is 1. The van der Waals surface area contributed by atoms with E-state index in [4.69, 9.17) is 0 Å². The van der Waals surface area contributed by atoms with Crippen LogP contribution in [0.3, 0.4) is 0 Å². The van der Waals surface area contributed by atoms with Crippen LogP contribution < -0.4 is 5.32 Å². The molecule has 0 bridgehead atoms. The Balaban J connectivity index is 1.97. The zero-order valence-electron chi connectivity index (χ0n) is 11.9. The number of benzene rings is 1. The SMILES string of the molecule is CCCNC1CCCCC1Sc1ccc([N+](=O)[O-])cc1. The van der Waals surface area contributed by atoms with Gasteiger partial charge in [0, 0.05) is 28.3 Å². The summed E-state index contributed by atoms with van der Waals surface area (Å²) in [6, 6.07) is 7.51. The highest BCUT2D eigenvalue weighted by Crippen LogP contribution is 2.34. The van der Waals surface area contributed by atoms with Crippen molar-refractivity contribution in [1.29, 1.82) is 0 Å². The maximum atomic E-state index is 10.7. The minimum atomic E-state index is -0.347. The van der Waals surface area contributed by atoms with Gasteiger partial charge in [-0.05, 0) is 37.9 Å². The lowest BCUT2D eigenvalue weighted by Crippen LogP contribution is -2.40. The molecule has 1 fully saturated rings. The van der Waals surface area contributed by atoms with Gasteiger partial charge in [0.05, 0.1) is 4.92 Å². The van der Waals surface area contributed by atoms with Gasteiger partial charge in [-0.3, -0.25) is 10.1 Å². The smallest absolute Gasteiger partial charge is 0.269 e. The summed E-state index contributed by atoms with van der Waals surface area (Å²) in [6.45, 7) is 3.26. The second-order valence-electron chi connectivity index (χ2n) is 5.25. The molecule has 2 unspecified atom stereocenters. The highest BCUT2D eigenvalue weighted by atomic mass is 32.2. The molecule has 1 aliphatic carbocycles. The molecule has 5 heteroatoms. The fourth-order valence-electron chi connectivity index (χ4n) is 2.62. The van der Waals surface area contributed by atoms with Crippen LogP contribution in [0.1, 0.15) is 39.0 Å². The molecule has 0 heterocycles. The molecule has 0 aliphatic heterocycles. The van der Waals surface area contributed by atoms with Gasteiger partial charge in [0.15, 0.2) is 0 Å². The molecule has 1 aromatic carbocycles. The number of nitrogens with one attached hydrogen (secondary N) is 1. The van der Waals surface area contributed by atoms with Gasteiger partial charge in [-0.1, -0.05) is 19.8 Å². The first-order valence-corrected chi connectivity index (χ1v) is 8.23. The van der Waals surface area contributed by atoms with Gasteiger partial charge in [-0.15, -0.1) is 11.8 Å². The molecule has 0 radical (unpaired) electrons. The third-order valence-electron chi connectivity index (χ3n) is 3.69. The third kappa shape index (κ3) is 4.21. The van der Waals surface area contributed by atoms with E-state index in [9.17, 15) is 10.1 Å². The van der Waals surface area contributed by atoms with Crippen molar-refractivity contribution in [2.75, 3.05) is 6.54 Å². The lowest BCUT2D eigenvalue weighted by molar-refractivity contribution is -0.384. The van der Waals surface area contributed by atoms with Gasteiger partial charge in [-0.25, -0.2) is 0 Å². The zero-order chi connectivity index (χ0) is 14.4. The molecule has 0 spiro atoms. The number of hydrogen-bond acceptors (Lipinski definition) is 4. The summed E-state index contributed by atoms with van der Waals surface area (Å²) in [6.07, 6.45) is 6.22. The van der Waals surface area contributed by atoms with Gasteiger partial charge >= 0.3 is 0 Å². The Kier molecular flexibility index (Phi) is 5.86. The van der Waals surface area contributed by atoms with Crippen LogP contribution in [0.4, 0.5) is 5.69 Å². The average molecular weight is 294 g/mol. The largest absolute Gasteiger partial charge is 0.313 e. The van der Waals surface area contributed by atoms with Crippen molar-refractivity contribution in [2.45, 2.75) is 55.2 Å². The Morgan fingerprint density at radius 1 is 1.30 bits per heavy atom. The molecule has 20 heavy (non-hydrogen) atoms. The molecule has 1 saturated carbocycles. The fraction of sp³-hybridized carbons (Fsp3) is 0.600. The highest BCUT2D eigenvalue weighted by molar-refractivity contribution is 8.00. The van der Waals surface area contributed by atoms with E-state index in [0.29, 0.717) is 11.3 Å². The van der Waals surface area contributed by atoms with Gasteiger partial charge in [0.1, 0.15) is 0 Å². The number of nitro groups is 1. The summed E-state index contributed by atoms with van der Waals surface area (Å²) in [5, 5.41) is 14.9. The Labute approximate surface area is 124 Å². The summed E-state index contributed by atoms with van der Waals surface area (Å²) in [5.74, 6) is 0. The minimum Gasteiger partial charge on any atom is -0.313 e. The summed E-state index contributed by atoms with van der Waals surface area (Å²) in [5.41, 5.74) is 0.165.